The van der Waals surface area contributed by atoms with Crippen LogP contribution in [0.1, 0.15) is 80.4 Å². The van der Waals surface area contributed by atoms with E-state index >= 15 is 8.78 Å². The SMILES string of the molecule is CCOC(=O)/C(F)=C/C(F)(F)[C@](C)(N[S@](=O)C(C)(C)C)c1ccccc1F.CCOC(=O)C(F)(F)[C@](C)(NS(=O)C(C)(C)C)c1ccccc1F. The molecule has 2 N–H and O–H groups in total. The van der Waals surface area contributed by atoms with Gasteiger partial charge in [-0.05, 0) is 81.4 Å². The van der Waals surface area contributed by atoms with E-state index in [-0.39, 0.29) is 19.3 Å². The van der Waals surface area contributed by atoms with E-state index in [0.29, 0.717) is 0 Å². The fourth-order valence-corrected chi connectivity index (χ4v) is 5.83. The molecule has 2 aromatic rings. The van der Waals surface area contributed by atoms with Crippen molar-refractivity contribution in [2.45, 2.75) is 102 Å². The molecule has 0 aromatic heterocycles. The maximum Gasteiger partial charge on any atom is 0.379 e. The quantitative estimate of drug-likeness (QED) is 0.125. The summed E-state index contributed by atoms with van der Waals surface area (Å²) < 4.78 is 138. The smallest absolute Gasteiger partial charge is 0.379 e. The molecule has 2 rings (SSSR count). The molecule has 8 nitrogen and oxygen atoms in total. The monoisotopic (exact) mass is 774 g/mol. The average Bonchev–Trinajstić information content (AvgIpc) is 3.00. The van der Waals surface area contributed by atoms with Crippen LogP contribution in [0.2, 0.25) is 0 Å². The van der Waals surface area contributed by atoms with Crippen molar-refractivity contribution in [2.24, 2.45) is 0 Å². The Morgan fingerprint density at radius 2 is 1.06 bits per heavy atom. The van der Waals surface area contributed by atoms with Crippen molar-refractivity contribution in [1.82, 2.24) is 9.44 Å². The Morgan fingerprint density at radius 3 is 1.43 bits per heavy atom. The number of carbonyl (C=O) groups excluding carboxylic acids is 2. The van der Waals surface area contributed by atoms with Crippen molar-refractivity contribution in [1.29, 1.82) is 0 Å². The number of esters is 2. The molecule has 0 radical (unpaired) electrons. The van der Waals surface area contributed by atoms with Gasteiger partial charge in [-0.1, -0.05) is 36.4 Å². The summed E-state index contributed by atoms with van der Waals surface area (Å²) >= 11 is 0. The van der Waals surface area contributed by atoms with Crippen LogP contribution in [0, 0.1) is 11.6 Å². The van der Waals surface area contributed by atoms with Gasteiger partial charge in [0.2, 0.25) is 5.83 Å². The molecule has 0 fully saturated rings. The lowest BCUT2D eigenvalue weighted by atomic mass is 9.85. The maximum atomic E-state index is 15.0. The van der Waals surface area contributed by atoms with Gasteiger partial charge in [0.1, 0.15) is 22.7 Å². The molecule has 0 aliphatic heterocycles. The van der Waals surface area contributed by atoms with Gasteiger partial charge in [0.25, 0.3) is 5.92 Å². The highest BCUT2D eigenvalue weighted by molar-refractivity contribution is 7.84. The van der Waals surface area contributed by atoms with Crippen LogP contribution in [0.25, 0.3) is 0 Å². The minimum absolute atomic E-state index is 0.206. The van der Waals surface area contributed by atoms with Gasteiger partial charge in [-0.25, -0.2) is 36.2 Å². The number of nitrogens with one attached hydrogen (secondary N) is 2. The van der Waals surface area contributed by atoms with Gasteiger partial charge in [-0.3, -0.25) is 0 Å². The van der Waals surface area contributed by atoms with Crippen LogP contribution < -0.4 is 9.44 Å². The van der Waals surface area contributed by atoms with Crippen molar-refractivity contribution in [3.63, 3.8) is 0 Å². The number of hydrogen-bond acceptors (Lipinski definition) is 6. The van der Waals surface area contributed by atoms with E-state index in [4.69, 9.17) is 0 Å². The van der Waals surface area contributed by atoms with E-state index < -0.39 is 94.9 Å². The van der Waals surface area contributed by atoms with E-state index in [1.165, 1.54) is 58.9 Å². The molecular formula is C34H45F7N2O6S2. The second kappa shape index (κ2) is 17.6. The highest BCUT2D eigenvalue weighted by Gasteiger charge is 2.60. The zero-order valence-electron chi connectivity index (χ0n) is 30.0. The first-order valence-corrected chi connectivity index (χ1v) is 17.8. The maximum absolute atomic E-state index is 15.0. The first-order chi connectivity index (χ1) is 23.1. The Labute approximate surface area is 299 Å². The van der Waals surface area contributed by atoms with Gasteiger partial charge < -0.3 is 9.47 Å². The first kappa shape index (κ1) is 45.9. The molecule has 4 atom stereocenters. The second-order valence-electron chi connectivity index (χ2n) is 13.3. The Bertz CT molecular complexity index is 1610. The van der Waals surface area contributed by atoms with Gasteiger partial charge in [0, 0.05) is 17.2 Å². The lowest BCUT2D eigenvalue weighted by Crippen LogP contribution is -2.60. The molecule has 0 bridgehead atoms. The number of benzene rings is 2. The van der Waals surface area contributed by atoms with Crippen LogP contribution in [-0.4, -0.2) is 54.9 Å². The number of halogens is 7. The molecule has 0 aliphatic carbocycles. The molecular weight excluding hydrogens is 730 g/mol. The summed E-state index contributed by atoms with van der Waals surface area (Å²) in [7, 11) is -4.04. The van der Waals surface area contributed by atoms with E-state index in [2.05, 4.69) is 18.9 Å². The molecule has 1 unspecified atom stereocenters. The normalized spacial score (nSPS) is 16.5. The van der Waals surface area contributed by atoms with E-state index in [0.717, 1.165) is 38.1 Å². The molecule has 51 heavy (non-hydrogen) atoms. The number of rotatable bonds is 13. The van der Waals surface area contributed by atoms with Crippen molar-refractivity contribution < 1.29 is 58.2 Å². The summed E-state index contributed by atoms with van der Waals surface area (Å²) in [4.78, 5) is 23.2. The van der Waals surface area contributed by atoms with Crippen LogP contribution in [0.15, 0.2) is 60.4 Å². The lowest BCUT2D eigenvalue weighted by Gasteiger charge is -2.38. The van der Waals surface area contributed by atoms with Gasteiger partial charge in [0.05, 0.1) is 44.7 Å². The molecule has 17 heteroatoms. The van der Waals surface area contributed by atoms with E-state index in [9.17, 15) is 40.0 Å². The second-order valence-corrected chi connectivity index (χ2v) is 17.2. The predicted octanol–water partition coefficient (Wildman–Crippen LogP) is 7.44. The third kappa shape index (κ3) is 11.2. The number of ether oxygens (including phenoxy) is 2. The molecule has 0 aliphatic rings. The third-order valence-corrected chi connectivity index (χ3v) is 10.5. The summed E-state index contributed by atoms with van der Waals surface area (Å²) in [5.74, 6) is -15.4. The third-order valence-electron chi connectivity index (χ3n) is 7.14. The van der Waals surface area contributed by atoms with Crippen LogP contribution in [0.3, 0.4) is 0 Å². The summed E-state index contributed by atoms with van der Waals surface area (Å²) in [6.07, 6.45) is -0.246. The summed E-state index contributed by atoms with van der Waals surface area (Å²) in [6, 6.07) is 9.46. The van der Waals surface area contributed by atoms with E-state index in [1.54, 1.807) is 20.8 Å². The van der Waals surface area contributed by atoms with Crippen LogP contribution >= 0.6 is 0 Å². The van der Waals surface area contributed by atoms with Crippen LogP contribution in [0.4, 0.5) is 30.7 Å². The van der Waals surface area contributed by atoms with Gasteiger partial charge in [-0.2, -0.15) is 22.0 Å². The highest BCUT2D eigenvalue weighted by Crippen LogP contribution is 2.42. The van der Waals surface area contributed by atoms with Gasteiger partial charge in [0.15, 0.2) is 0 Å². The molecule has 0 spiro atoms. The molecule has 2 aromatic carbocycles. The van der Waals surface area contributed by atoms with Crippen molar-refractivity contribution in [2.75, 3.05) is 13.2 Å². The molecule has 0 saturated carbocycles. The van der Waals surface area contributed by atoms with Crippen LogP contribution in [-0.2, 0) is 52.1 Å². The summed E-state index contributed by atoms with van der Waals surface area (Å²) in [6.45, 7) is 13.4. The number of hydrogen-bond donors (Lipinski definition) is 2. The largest absolute Gasteiger partial charge is 0.461 e. The molecule has 0 saturated heterocycles. The number of alkyl halides is 4. The first-order valence-electron chi connectivity index (χ1n) is 15.5. The topological polar surface area (TPSA) is 111 Å². The Kier molecular flexibility index (Phi) is 15.8. The molecule has 0 amide bonds. The lowest BCUT2D eigenvalue weighted by molar-refractivity contribution is -0.183. The Hall–Kier alpha value is -3.15. The number of carbonyl (C=O) groups is 2. The minimum atomic E-state index is -4.15. The van der Waals surface area contributed by atoms with Gasteiger partial charge in [-0.15, -0.1) is 0 Å². The Balaban J connectivity index is 0.000000514. The van der Waals surface area contributed by atoms with Crippen molar-refractivity contribution in [3.05, 3.63) is 83.2 Å². The zero-order valence-corrected chi connectivity index (χ0v) is 31.7. The predicted molar refractivity (Wildman–Crippen MR) is 182 cm³/mol. The summed E-state index contributed by atoms with van der Waals surface area (Å²) in [5.41, 5.74) is -6.16. The fraction of sp³-hybridized carbons (Fsp3) is 0.529. The zero-order chi connectivity index (χ0) is 39.8. The summed E-state index contributed by atoms with van der Waals surface area (Å²) in [5, 5.41) is 0. The Morgan fingerprint density at radius 1 is 0.686 bits per heavy atom. The standard InChI is InChI=1S/C18H23F4NO3S.C16H22F3NO3S/c1-6-26-15(24)14(20)11-18(21,22)17(5,23-27(25)16(2,3)4)12-9-7-8-10-13(12)19;1-6-23-13(21)16(18,19)15(5,20-24(22)14(2,3)4)11-9-7-8-10-12(11)17/h7-11,23H,6H2,1-5H3;7-10,20H,6H2,1-5H3/b14-11-;/t17-,27-;15-,24?/m11/s1. The van der Waals surface area contributed by atoms with Crippen molar-refractivity contribution in [3.8, 4) is 0 Å². The van der Waals surface area contributed by atoms with Crippen LogP contribution in [0.5, 0.6) is 0 Å². The van der Waals surface area contributed by atoms with E-state index in [1.807, 2.05) is 0 Å². The molecule has 288 valence electrons. The molecule has 0 heterocycles. The highest BCUT2D eigenvalue weighted by atomic mass is 32.2. The van der Waals surface area contributed by atoms with Crippen molar-refractivity contribution >= 4 is 33.9 Å². The average molecular weight is 775 g/mol. The minimum Gasteiger partial charge on any atom is -0.461 e. The fourth-order valence-electron chi connectivity index (χ4n) is 3.99. The van der Waals surface area contributed by atoms with Gasteiger partial charge >= 0.3 is 17.9 Å².